The lowest BCUT2D eigenvalue weighted by Crippen LogP contribution is -3.00. The van der Waals surface area contributed by atoms with E-state index in [9.17, 15) is 0 Å². The highest BCUT2D eigenvalue weighted by atomic mass is 35.5. The van der Waals surface area contributed by atoms with Crippen molar-refractivity contribution in [2.45, 2.75) is 219 Å². The second-order valence-corrected chi connectivity index (χ2v) is 14.2. The molecule has 0 spiro atoms. The van der Waals surface area contributed by atoms with Gasteiger partial charge in [0.15, 0.2) is 0 Å². The summed E-state index contributed by atoms with van der Waals surface area (Å²) in [5.74, 6) is 0. The van der Waals surface area contributed by atoms with Gasteiger partial charge in [0.05, 0.1) is 12.3 Å². The van der Waals surface area contributed by atoms with Crippen LogP contribution in [-0.2, 0) is 0 Å². The fourth-order valence-corrected chi connectivity index (χ4v) is 7.26. The van der Waals surface area contributed by atoms with Crippen LogP contribution >= 0.6 is 8.58 Å². The van der Waals surface area contributed by atoms with Crippen molar-refractivity contribution in [1.29, 1.82) is 0 Å². The predicted octanol–water partition coefficient (Wildman–Crippen LogP) is 10.9. The van der Waals surface area contributed by atoms with E-state index in [1.54, 1.807) is 12.3 Å². The highest BCUT2D eigenvalue weighted by Crippen LogP contribution is 2.19. The Morgan fingerprint density at radius 3 is 0.579 bits per heavy atom. The van der Waals surface area contributed by atoms with Crippen molar-refractivity contribution in [2.75, 3.05) is 12.3 Å². The van der Waals surface area contributed by atoms with Crippen LogP contribution in [-0.4, -0.2) is 12.3 Å². The molecule has 0 fully saturated rings. The van der Waals surface area contributed by atoms with Crippen LogP contribution < -0.4 is 12.4 Å². The Morgan fingerprint density at radius 1 is 0.237 bits per heavy atom. The maximum Gasteiger partial charge on any atom is 0.0549 e. The van der Waals surface area contributed by atoms with Crippen molar-refractivity contribution >= 4 is 8.58 Å². The van der Waals surface area contributed by atoms with Gasteiger partial charge in [-0.05, 0) is 34.3 Å². The van der Waals surface area contributed by atoms with Gasteiger partial charge in [0.1, 0.15) is 0 Å². The Labute approximate surface area is 252 Å². The van der Waals surface area contributed by atoms with Crippen molar-refractivity contribution < 1.29 is 12.4 Å². The predicted molar refractivity (Wildman–Crippen MR) is 179 cm³/mol. The Balaban J connectivity index is 0. The fraction of sp³-hybridized carbons (Fsp3) is 1.00. The molecular formula is C36H76ClP. The smallest absolute Gasteiger partial charge is 0.0549 e. The average molecular weight is 575 g/mol. The summed E-state index contributed by atoms with van der Waals surface area (Å²) in [5, 5.41) is 0. The molecule has 0 heterocycles. The first-order chi connectivity index (χ1) is 18.4. The molecule has 0 saturated heterocycles. The van der Waals surface area contributed by atoms with Crippen LogP contribution in [0.25, 0.3) is 0 Å². The molecular weight excluding hydrogens is 499 g/mol. The van der Waals surface area contributed by atoms with Crippen LogP contribution in [0.4, 0.5) is 0 Å². The van der Waals surface area contributed by atoms with Gasteiger partial charge < -0.3 is 12.4 Å². The van der Waals surface area contributed by atoms with E-state index in [1.807, 2.05) is 0 Å². The molecule has 0 nitrogen and oxygen atoms in total. The standard InChI is InChI=1S/C36H75P.ClH/c1-3-5-7-9-11-13-15-17-19-21-23-25-27-29-31-33-35-37-36-34-32-30-28-26-24-22-20-18-16-14-12-10-8-6-4-2;/h37H,3-36H2,1-2H3;1H. The van der Waals surface area contributed by atoms with Crippen molar-refractivity contribution in [1.82, 2.24) is 0 Å². The number of halogens is 1. The summed E-state index contributed by atoms with van der Waals surface area (Å²) in [6.45, 7) is 4.62. The fourth-order valence-electron chi connectivity index (χ4n) is 5.82. The van der Waals surface area contributed by atoms with E-state index < -0.39 is 0 Å². The molecule has 0 aromatic heterocycles. The van der Waals surface area contributed by atoms with E-state index in [-0.39, 0.29) is 12.4 Å². The third-order valence-electron chi connectivity index (χ3n) is 8.52. The molecule has 0 aliphatic heterocycles. The second kappa shape index (κ2) is 39.9. The molecule has 0 N–H and O–H groups in total. The van der Waals surface area contributed by atoms with E-state index in [0.29, 0.717) is 0 Å². The molecule has 0 radical (unpaired) electrons. The maximum absolute atomic E-state index is 2.31. The number of rotatable bonds is 34. The molecule has 232 valence electrons. The lowest BCUT2D eigenvalue weighted by atomic mass is 10.0. The molecule has 0 amide bonds. The summed E-state index contributed by atoms with van der Waals surface area (Å²) in [5.41, 5.74) is 0. The van der Waals surface area contributed by atoms with Crippen molar-refractivity contribution in [2.24, 2.45) is 0 Å². The van der Waals surface area contributed by atoms with Crippen LogP contribution in [0.2, 0.25) is 0 Å². The van der Waals surface area contributed by atoms with E-state index in [2.05, 4.69) is 13.8 Å². The van der Waals surface area contributed by atoms with Crippen LogP contribution in [0.15, 0.2) is 0 Å². The summed E-state index contributed by atoms with van der Waals surface area (Å²) in [6, 6.07) is 0. The largest absolute Gasteiger partial charge is 1.00 e. The zero-order valence-corrected chi connectivity index (χ0v) is 28.9. The van der Waals surface area contributed by atoms with Gasteiger partial charge in [0.2, 0.25) is 0 Å². The molecule has 0 aliphatic rings. The quantitative estimate of drug-likeness (QED) is 0.0529. The zero-order valence-electron chi connectivity index (χ0n) is 27.0. The number of unbranched alkanes of at least 4 members (excludes halogenated alkanes) is 30. The summed E-state index contributed by atoms with van der Waals surface area (Å²) in [4.78, 5) is 0. The molecule has 0 bridgehead atoms. The van der Waals surface area contributed by atoms with Gasteiger partial charge in [-0.15, -0.1) is 0 Å². The third-order valence-corrected chi connectivity index (χ3v) is 10.2. The number of hydrogen-bond donors (Lipinski definition) is 0. The van der Waals surface area contributed by atoms with E-state index in [0.717, 1.165) is 8.58 Å². The van der Waals surface area contributed by atoms with Crippen molar-refractivity contribution in [3.63, 3.8) is 0 Å². The lowest BCUT2D eigenvalue weighted by Gasteiger charge is -2.03. The summed E-state index contributed by atoms with van der Waals surface area (Å²) >= 11 is 0. The Morgan fingerprint density at radius 2 is 0.395 bits per heavy atom. The monoisotopic (exact) mass is 575 g/mol. The highest BCUT2D eigenvalue weighted by molar-refractivity contribution is 7.37. The van der Waals surface area contributed by atoms with Gasteiger partial charge in [-0.3, -0.25) is 0 Å². The van der Waals surface area contributed by atoms with Gasteiger partial charge >= 0.3 is 0 Å². The highest BCUT2D eigenvalue weighted by Gasteiger charge is 1.99. The minimum atomic E-state index is 0. The zero-order chi connectivity index (χ0) is 26.7. The molecule has 0 aliphatic carbocycles. The van der Waals surface area contributed by atoms with Gasteiger partial charge in [-0.2, -0.15) is 0 Å². The summed E-state index contributed by atoms with van der Waals surface area (Å²) < 4.78 is 0. The van der Waals surface area contributed by atoms with E-state index >= 15 is 0 Å². The SMILES string of the molecule is CCCCCCCCCCCCCCCCCC[PH2+]CCCCCCCCCCCCCCCCCC.[Cl-]. The first kappa shape index (κ1) is 40.9. The number of hydrogen-bond acceptors (Lipinski definition) is 0. The Hall–Kier alpha value is 0.720. The molecule has 0 aromatic rings. The first-order valence-corrected chi connectivity index (χ1v) is 19.9. The summed E-state index contributed by atoms with van der Waals surface area (Å²) in [6.07, 6.45) is 50.8. The lowest BCUT2D eigenvalue weighted by molar-refractivity contribution is -0.00000821. The molecule has 2 heteroatoms. The molecule has 38 heavy (non-hydrogen) atoms. The first-order valence-electron chi connectivity index (χ1n) is 18.2. The topological polar surface area (TPSA) is 0 Å². The maximum atomic E-state index is 2.31. The third kappa shape index (κ3) is 38.9. The molecule has 0 unspecified atom stereocenters. The molecule has 0 saturated carbocycles. The minimum Gasteiger partial charge on any atom is -1.00 e. The van der Waals surface area contributed by atoms with Crippen molar-refractivity contribution in [3.05, 3.63) is 0 Å². The van der Waals surface area contributed by atoms with Gasteiger partial charge in [0.25, 0.3) is 0 Å². The Bertz CT molecular complexity index is 338. The van der Waals surface area contributed by atoms with Crippen LogP contribution in [0.3, 0.4) is 0 Å². The van der Waals surface area contributed by atoms with Crippen LogP contribution in [0.1, 0.15) is 219 Å². The Kier molecular flexibility index (Phi) is 42.9. The molecule has 0 aromatic carbocycles. The van der Waals surface area contributed by atoms with Gasteiger partial charge in [-0.25, -0.2) is 0 Å². The second-order valence-electron chi connectivity index (χ2n) is 12.5. The van der Waals surface area contributed by atoms with Gasteiger partial charge in [0, 0.05) is 0 Å². The molecule has 0 rings (SSSR count). The van der Waals surface area contributed by atoms with E-state index in [4.69, 9.17) is 0 Å². The molecule has 0 atom stereocenters. The average Bonchev–Trinajstić information content (AvgIpc) is 2.91. The van der Waals surface area contributed by atoms with Crippen LogP contribution in [0, 0.1) is 0 Å². The summed E-state index contributed by atoms with van der Waals surface area (Å²) in [7, 11) is 0.768. The van der Waals surface area contributed by atoms with Crippen LogP contribution in [0.5, 0.6) is 0 Å². The van der Waals surface area contributed by atoms with E-state index in [1.165, 1.54) is 205 Å². The minimum absolute atomic E-state index is 0. The normalized spacial score (nSPS) is 11.2. The van der Waals surface area contributed by atoms with Crippen molar-refractivity contribution in [3.8, 4) is 0 Å². The van der Waals surface area contributed by atoms with Gasteiger partial charge in [-0.1, -0.05) is 194 Å².